The minimum Gasteiger partial charge on any atom is -0.378 e. The Morgan fingerprint density at radius 2 is 2.15 bits per heavy atom. The number of benzene rings is 1. The summed E-state index contributed by atoms with van der Waals surface area (Å²) in [6.07, 6.45) is 0.541. The van der Waals surface area contributed by atoms with E-state index in [1.165, 1.54) is 6.07 Å². The minimum absolute atomic E-state index is 0.0195. The van der Waals surface area contributed by atoms with Gasteiger partial charge in [0, 0.05) is 12.3 Å². The molecule has 7 heteroatoms. The van der Waals surface area contributed by atoms with E-state index in [-0.39, 0.29) is 22.8 Å². The monoisotopic (exact) mass is 298 g/mol. The zero-order valence-corrected chi connectivity index (χ0v) is 12.2. The van der Waals surface area contributed by atoms with Gasteiger partial charge in [-0.05, 0) is 38.0 Å². The molecule has 0 aliphatic carbocycles. The molecule has 6 nitrogen and oxygen atoms in total. The molecule has 1 saturated heterocycles. The number of hydrogen-bond acceptors (Lipinski definition) is 4. The van der Waals surface area contributed by atoms with Gasteiger partial charge in [0.1, 0.15) is 0 Å². The lowest BCUT2D eigenvalue weighted by molar-refractivity contribution is -0.121. The Labute approximate surface area is 118 Å². The Morgan fingerprint density at radius 3 is 2.70 bits per heavy atom. The van der Waals surface area contributed by atoms with E-state index in [1.54, 1.807) is 19.1 Å². The summed E-state index contributed by atoms with van der Waals surface area (Å²) in [7, 11) is -3.80. The molecule has 2 rings (SSSR count). The largest absolute Gasteiger partial charge is 0.378 e. The lowest BCUT2D eigenvalue weighted by Crippen LogP contribution is -2.28. The van der Waals surface area contributed by atoms with E-state index in [0.29, 0.717) is 24.3 Å². The van der Waals surface area contributed by atoms with Crippen LogP contribution in [0.25, 0.3) is 0 Å². The Morgan fingerprint density at radius 1 is 1.45 bits per heavy atom. The van der Waals surface area contributed by atoms with Crippen LogP contribution in [-0.2, 0) is 19.6 Å². The first-order valence-corrected chi connectivity index (χ1v) is 7.89. The number of sulfonamides is 1. The standard InChI is InChI=1S/C13H18N2O4S/c1-8-3-4-10(7-12(8)20(14,17)18)15-13(16)11-5-6-19-9(11)2/h3-4,7,9,11H,5-6H2,1-2H3,(H,15,16)(H2,14,17,18). The lowest BCUT2D eigenvalue weighted by Gasteiger charge is -2.15. The second-order valence-electron chi connectivity index (χ2n) is 4.99. The molecule has 110 valence electrons. The highest BCUT2D eigenvalue weighted by Crippen LogP contribution is 2.24. The van der Waals surface area contributed by atoms with Crippen LogP contribution < -0.4 is 10.5 Å². The second kappa shape index (κ2) is 5.51. The molecular formula is C13H18N2O4S. The van der Waals surface area contributed by atoms with E-state index in [1.807, 2.05) is 6.92 Å². The molecule has 1 fully saturated rings. The summed E-state index contributed by atoms with van der Waals surface area (Å²) >= 11 is 0. The first kappa shape index (κ1) is 15.0. The predicted molar refractivity (Wildman–Crippen MR) is 74.7 cm³/mol. The average molecular weight is 298 g/mol. The Balaban J connectivity index is 2.20. The third kappa shape index (κ3) is 3.17. The summed E-state index contributed by atoms with van der Waals surface area (Å²) in [5.41, 5.74) is 0.965. The van der Waals surface area contributed by atoms with Gasteiger partial charge >= 0.3 is 0 Å². The van der Waals surface area contributed by atoms with Gasteiger partial charge in [0.2, 0.25) is 15.9 Å². The number of amides is 1. The lowest BCUT2D eigenvalue weighted by atomic mass is 10.0. The molecule has 0 radical (unpaired) electrons. The number of carbonyl (C=O) groups excluding carboxylic acids is 1. The number of nitrogens with two attached hydrogens (primary N) is 1. The molecule has 0 bridgehead atoms. The van der Waals surface area contributed by atoms with Crippen molar-refractivity contribution < 1.29 is 17.9 Å². The molecule has 0 spiro atoms. The number of aryl methyl sites for hydroxylation is 1. The molecule has 1 aliphatic rings. The molecule has 3 N–H and O–H groups in total. The van der Waals surface area contributed by atoms with Gasteiger partial charge in [-0.15, -0.1) is 0 Å². The summed E-state index contributed by atoms with van der Waals surface area (Å²) in [5, 5.41) is 7.86. The Hall–Kier alpha value is -1.44. The average Bonchev–Trinajstić information content (AvgIpc) is 2.76. The Kier molecular flexibility index (Phi) is 4.12. The number of primary sulfonamides is 1. The molecule has 0 aromatic heterocycles. The minimum atomic E-state index is -3.80. The van der Waals surface area contributed by atoms with Gasteiger partial charge in [-0.25, -0.2) is 13.6 Å². The Bertz CT molecular complexity index is 627. The highest BCUT2D eigenvalue weighted by atomic mass is 32.2. The maximum atomic E-state index is 12.1. The molecule has 1 amide bonds. The van der Waals surface area contributed by atoms with Crippen molar-refractivity contribution in [3.8, 4) is 0 Å². The summed E-state index contributed by atoms with van der Waals surface area (Å²) in [5.74, 6) is -0.381. The molecular weight excluding hydrogens is 280 g/mol. The highest BCUT2D eigenvalue weighted by Gasteiger charge is 2.30. The van der Waals surface area contributed by atoms with Crippen molar-refractivity contribution in [3.05, 3.63) is 23.8 Å². The molecule has 1 aliphatic heterocycles. The van der Waals surface area contributed by atoms with Gasteiger partial charge in [0.15, 0.2) is 0 Å². The van der Waals surface area contributed by atoms with Crippen LogP contribution in [0.3, 0.4) is 0 Å². The van der Waals surface area contributed by atoms with Crippen molar-refractivity contribution in [2.24, 2.45) is 11.1 Å². The zero-order valence-electron chi connectivity index (χ0n) is 11.4. The van der Waals surface area contributed by atoms with Crippen molar-refractivity contribution in [2.75, 3.05) is 11.9 Å². The maximum Gasteiger partial charge on any atom is 0.238 e. The molecule has 1 aromatic rings. The summed E-state index contributed by atoms with van der Waals surface area (Å²) in [4.78, 5) is 12.1. The normalized spacial score (nSPS) is 22.8. The molecule has 2 unspecified atom stereocenters. The van der Waals surface area contributed by atoms with Gasteiger partial charge in [-0.1, -0.05) is 6.07 Å². The van der Waals surface area contributed by atoms with Crippen LogP contribution in [0.4, 0.5) is 5.69 Å². The number of hydrogen-bond donors (Lipinski definition) is 2. The van der Waals surface area contributed by atoms with Gasteiger partial charge in [0.05, 0.1) is 16.9 Å². The van der Waals surface area contributed by atoms with Crippen molar-refractivity contribution in [3.63, 3.8) is 0 Å². The fourth-order valence-corrected chi connectivity index (χ4v) is 3.10. The molecule has 1 heterocycles. The van der Waals surface area contributed by atoms with Gasteiger partial charge in [-0.3, -0.25) is 4.79 Å². The summed E-state index contributed by atoms with van der Waals surface area (Å²) in [6.45, 7) is 4.07. The van der Waals surface area contributed by atoms with Crippen LogP contribution in [0.5, 0.6) is 0 Å². The van der Waals surface area contributed by atoms with E-state index in [4.69, 9.17) is 9.88 Å². The van der Waals surface area contributed by atoms with E-state index >= 15 is 0 Å². The van der Waals surface area contributed by atoms with Gasteiger partial charge < -0.3 is 10.1 Å². The van der Waals surface area contributed by atoms with E-state index in [0.717, 1.165) is 0 Å². The van der Waals surface area contributed by atoms with Crippen LogP contribution in [0.2, 0.25) is 0 Å². The maximum absolute atomic E-state index is 12.1. The van der Waals surface area contributed by atoms with Crippen LogP contribution in [-0.4, -0.2) is 27.0 Å². The molecule has 2 atom stereocenters. The third-order valence-electron chi connectivity index (χ3n) is 3.48. The summed E-state index contributed by atoms with van der Waals surface area (Å²) in [6, 6.07) is 4.65. The third-order valence-corrected chi connectivity index (χ3v) is 4.53. The van der Waals surface area contributed by atoms with Gasteiger partial charge in [0.25, 0.3) is 0 Å². The van der Waals surface area contributed by atoms with Crippen LogP contribution in [0.15, 0.2) is 23.1 Å². The number of nitrogens with one attached hydrogen (secondary N) is 1. The smallest absolute Gasteiger partial charge is 0.238 e. The van der Waals surface area contributed by atoms with Crippen molar-refractivity contribution >= 4 is 21.6 Å². The van der Waals surface area contributed by atoms with E-state index in [2.05, 4.69) is 5.32 Å². The topological polar surface area (TPSA) is 98.5 Å². The first-order valence-electron chi connectivity index (χ1n) is 6.35. The number of anilines is 1. The zero-order chi connectivity index (χ0) is 14.9. The van der Waals surface area contributed by atoms with Crippen molar-refractivity contribution in [2.45, 2.75) is 31.3 Å². The number of ether oxygens (including phenoxy) is 1. The first-order chi connectivity index (χ1) is 9.29. The SMILES string of the molecule is Cc1ccc(NC(=O)C2CCOC2C)cc1S(N)(=O)=O. The number of rotatable bonds is 3. The van der Waals surface area contributed by atoms with E-state index in [9.17, 15) is 13.2 Å². The fourth-order valence-electron chi connectivity index (χ4n) is 2.30. The number of carbonyl (C=O) groups is 1. The highest BCUT2D eigenvalue weighted by molar-refractivity contribution is 7.89. The molecule has 1 aromatic carbocycles. The van der Waals surface area contributed by atoms with Crippen molar-refractivity contribution in [1.29, 1.82) is 0 Å². The van der Waals surface area contributed by atoms with E-state index < -0.39 is 10.0 Å². The van der Waals surface area contributed by atoms with Crippen LogP contribution in [0.1, 0.15) is 18.9 Å². The molecule has 20 heavy (non-hydrogen) atoms. The van der Waals surface area contributed by atoms with Gasteiger partial charge in [-0.2, -0.15) is 0 Å². The quantitative estimate of drug-likeness (QED) is 0.870. The van der Waals surface area contributed by atoms with Crippen LogP contribution in [0, 0.1) is 12.8 Å². The fraction of sp³-hybridized carbons (Fsp3) is 0.462. The van der Waals surface area contributed by atoms with Crippen molar-refractivity contribution in [1.82, 2.24) is 0 Å². The summed E-state index contributed by atoms with van der Waals surface area (Å²) < 4.78 is 28.2. The predicted octanol–water partition coefficient (Wildman–Crippen LogP) is 1.01. The molecule has 0 saturated carbocycles. The van der Waals surface area contributed by atoms with Crippen LogP contribution >= 0.6 is 0 Å². The second-order valence-corrected chi connectivity index (χ2v) is 6.52.